The first-order valence-electron chi connectivity index (χ1n) is 8.47. The van der Waals surface area contributed by atoms with E-state index in [9.17, 15) is 0 Å². The number of ether oxygens (including phenoxy) is 3. The molecule has 0 radical (unpaired) electrons. The van der Waals surface area contributed by atoms with Gasteiger partial charge in [0.25, 0.3) is 0 Å². The van der Waals surface area contributed by atoms with Gasteiger partial charge in [0.1, 0.15) is 6.04 Å². The maximum absolute atomic E-state index is 5.50. The van der Waals surface area contributed by atoms with E-state index in [-0.39, 0.29) is 6.04 Å². The molecule has 0 saturated carbocycles. The number of aromatic nitrogens is 4. The van der Waals surface area contributed by atoms with Gasteiger partial charge in [-0.2, -0.15) is 4.68 Å². The minimum absolute atomic E-state index is 0.251. The van der Waals surface area contributed by atoms with Crippen LogP contribution in [0.25, 0.3) is 5.70 Å². The first kappa shape index (κ1) is 18.3. The quantitative estimate of drug-likeness (QED) is 0.645. The summed E-state index contributed by atoms with van der Waals surface area (Å²) in [7, 11) is 4.76. The lowest BCUT2D eigenvalue weighted by molar-refractivity contribution is 0.323. The zero-order valence-electron chi connectivity index (χ0n) is 15.5. The van der Waals surface area contributed by atoms with Crippen LogP contribution >= 0.6 is 15.9 Å². The number of anilines is 1. The third kappa shape index (κ3) is 3.18. The Hall–Kier alpha value is -3.07. The second kappa shape index (κ2) is 7.51. The van der Waals surface area contributed by atoms with Crippen molar-refractivity contribution in [3.05, 3.63) is 58.1 Å². The number of nitrogens with zero attached hydrogens (tertiary/aromatic N) is 4. The molecule has 1 N–H and O–H groups in total. The highest BCUT2D eigenvalue weighted by Crippen LogP contribution is 2.42. The van der Waals surface area contributed by atoms with Crippen molar-refractivity contribution in [2.45, 2.75) is 6.04 Å². The monoisotopic (exact) mass is 443 g/mol. The molecule has 0 bridgehead atoms. The summed E-state index contributed by atoms with van der Waals surface area (Å²) in [6, 6.07) is 11.6. The van der Waals surface area contributed by atoms with Gasteiger partial charge in [0, 0.05) is 10.2 Å². The van der Waals surface area contributed by atoms with Crippen molar-refractivity contribution in [1.29, 1.82) is 0 Å². The van der Waals surface area contributed by atoms with E-state index in [1.54, 1.807) is 26.0 Å². The third-order valence-corrected chi connectivity index (χ3v) is 5.04. The van der Waals surface area contributed by atoms with Crippen LogP contribution in [0.3, 0.4) is 0 Å². The standard InChI is InChI=1S/C19H18BrN5O3/c1-26-16-8-12(9-17(27-2)18(16)28-3)15-10-14(11-4-6-13(20)7-5-11)21-19-22-23-24-25(15)19/h4-10,15H,1-3H3,(H,21,22,24)/t15-/m1/s1. The fourth-order valence-corrected chi connectivity index (χ4v) is 3.43. The normalized spacial score (nSPS) is 15.3. The average molecular weight is 444 g/mol. The second-order valence-corrected chi connectivity index (χ2v) is 6.98. The highest BCUT2D eigenvalue weighted by molar-refractivity contribution is 9.10. The fraction of sp³-hybridized carbons (Fsp3) is 0.211. The van der Waals surface area contributed by atoms with E-state index in [2.05, 4.69) is 42.8 Å². The number of halogens is 1. The summed E-state index contributed by atoms with van der Waals surface area (Å²) in [5.74, 6) is 2.24. The topological polar surface area (TPSA) is 83.3 Å². The molecule has 1 aromatic heterocycles. The first-order valence-corrected chi connectivity index (χ1v) is 9.26. The molecule has 0 amide bonds. The number of nitrogens with one attached hydrogen (secondary N) is 1. The predicted octanol–water partition coefficient (Wildman–Crippen LogP) is 3.52. The van der Waals surface area contributed by atoms with Crippen LogP contribution < -0.4 is 19.5 Å². The van der Waals surface area contributed by atoms with Gasteiger partial charge in [-0.3, -0.25) is 0 Å². The lowest BCUT2D eigenvalue weighted by Gasteiger charge is -2.24. The highest BCUT2D eigenvalue weighted by Gasteiger charge is 2.26. The highest BCUT2D eigenvalue weighted by atomic mass is 79.9. The lowest BCUT2D eigenvalue weighted by Crippen LogP contribution is -2.20. The molecule has 2 heterocycles. The number of tetrazole rings is 1. The largest absolute Gasteiger partial charge is 0.493 e. The Labute approximate surface area is 170 Å². The van der Waals surface area contributed by atoms with Gasteiger partial charge in [-0.1, -0.05) is 33.2 Å². The Bertz CT molecular complexity index is 1010. The summed E-state index contributed by atoms with van der Waals surface area (Å²) in [4.78, 5) is 0. The zero-order valence-corrected chi connectivity index (χ0v) is 17.1. The van der Waals surface area contributed by atoms with Crippen molar-refractivity contribution in [3.63, 3.8) is 0 Å². The second-order valence-electron chi connectivity index (χ2n) is 6.06. The SMILES string of the molecule is COc1cc([C@H]2C=C(c3ccc(Br)cc3)Nc3nnnn32)cc(OC)c1OC. The molecule has 0 aliphatic carbocycles. The van der Waals surface area contributed by atoms with Gasteiger partial charge in [0.05, 0.1) is 21.3 Å². The van der Waals surface area contributed by atoms with Gasteiger partial charge in [-0.05, 0) is 51.9 Å². The summed E-state index contributed by atoms with van der Waals surface area (Å²) >= 11 is 3.47. The van der Waals surface area contributed by atoms with E-state index in [0.29, 0.717) is 23.2 Å². The summed E-state index contributed by atoms with van der Waals surface area (Å²) in [6.07, 6.45) is 2.06. The van der Waals surface area contributed by atoms with Crippen molar-refractivity contribution in [3.8, 4) is 17.2 Å². The predicted molar refractivity (Wildman–Crippen MR) is 108 cm³/mol. The minimum atomic E-state index is -0.251. The molecule has 8 nitrogen and oxygen atoms in total. The Morgan fingerprint density at radius 2 is 1.68 bits per heavy atom. The number of hydrogen-bond donors (Lipinski definition) is 1. The maximum Gasteiger partial charge on any atom is 0.248 e. The van der Waals surface area contributed by atoms with Crippen LogP contribution in [-0.2, 0) is 0 Å². The van der Waals surface area contributed by atoms with Gasteiger partial charge < -0.3 is 19.5 Å². The fourth-order valence-electron chi connectivity index (χ4n) is 3.16. The third-order valence-electron chi connectivity index (χ3n) is 4.51. The number of fused-ring (bicyclic) bond motifs is 1. The molecule has 9 heteroatoms. The molecule has 1 aliphatic rings. The Morgan fingerprint density at radius 3 is 2.29 bits per heavy atom. The summed E-state index contributed by atoms with van der Waals surface area (Å²) in [5, 5.41) is 15.3. The number of hydrogen-bond acceptors (Lipinski definition) is 7. The molecule has 3 aromatic rings. The molecule has 144 valence electrons. The smallest absolute Gasteiger partial charge is 0.248 e. The summed E-state index contributed by atoms with van der Waals surface area (Å²) < 4.78 is 19.1. The van der Waals surface area contributed by atoms with Crippen molar-refractivity contribution in [1.82, 2.24) is 20.2 Å². The van der Waals surface area contributed by atoms with Crippen LogP contribution in [0.4, 0.5) is 5.95 Å². The Morgan fingerprint density at radius 1 is 1.00 bits per heavy atom. The van der Waals surface area contributed by atoms with Crippen LogP contribution in [0, 0.1) is 0 Å². The molecular formula is C19H18BrN5O3. The van der Waals surface area contributed by atoms with Crippen LogP contribution in [0.15, 0.2) is 46.9 Å². The molecule has 1 atom stereocenters. The Balaban J connectivity index is 1.84. The van der Waals surface area contributed by atoms with Crippen LogP contribution in [0.1, 0.15) is 17.2 Å². The van der Waals surface area contributed by atoms with Crippen LogP contribution in [0.5, 0.6) is 17.2 Å². The van der Waals surface area contributed by atoms with E-state index in [1.807, 2.05) is 36.4 Å². The van der Waals surface area contributed by atoms with Crippen LogP contribution in [0.2, 0.25) is 0 Å². The van der Waals surface area contributed by atoms with E-state index in [4.69, 9.17) is 14.2 Å². The van der Waals surface area contributed by atoms with E-state index in [0.717, 1.165) is 21.3 Å². The molecule has 0 unspecified atom stereocenters. The lowest BCUT2D eigenvalue weighted by atomic mass is 10.0. The maximum atomic E-state index is 5.50. The van der Waals surface area contributed by atoms with E-state index < -0.39 is 0 Å². The van der Waals surface area contributed by atoms with Crippen LogP contribution in [-0.4, -0.2) is 41.5 Å². The summed E-state index contributed by atoms with van der Waals surface area (Å²) in [5.41, 5.74) is 2.84. The molecule has 0 fully saturated rings. The van der Waals surface area contributed by atoms with Crippen molar-refractivity contribution in [2.24, 2.45) is 0 Å². The van der Waals surface area contributed by atoms with Crippen molar-refractivity contribution < 1.29 is 14.2 Å². The minimum Gasteiger partial charge on any atom is -0.493 e. The molecule has 1 aliphatic heterocycles. The summed E-state index contributed by atoms with van der Waals surface area (Å²) in [6.45, 7) is 0. The van der Waals surface area contributed by atoms with Gasteiger partial charge >= 0.3 is 0 Å². The molecule has 28 heavy (non-hydrogen) atoms. The van der Waals surface area contributed by atoms with Gasteiger partial charge in [-0.25, -0.2) is 0 Å². The van der Waals surface area contributed by atoms with Crippen molar-refractivity contribution in [2.75, 3.05) is 26.6 Å². The molecule has 0 saturated heterocycles. The first-order chi connectivity index (χ1) is 13.6. The van der Waals surface area contributed by atoms with E-state index >= 15 is 0 Å². The molecule has 2 aromatic carbocycles. The zero-order chi connectivity index (χ0) is 19.7. The molecule has 4 rings (SSSR count). The van der Waals surface area contributed by atoms with Crippen molar-refractivity contribution >= 4 is 27.6 Å². The molecular weight excluding hydrogens is 426 g/mol. The number of methoxy groups -OCH3 is 3. The van der Waals surface area contributed by atoms with E-state index in [1.165, 1.54) is 0 Å². The van der Waals surface area contributed by atoms with Gasteiger partial charge in [0.2, 0.25) is 11.7 Å². The van der Waals surface area contributed by atoms with Gasteiger partial charge in [-0.15, -0.1) is 0 Å². The average Bonchev–Trinajstić information content (AvgIpc) is 3.21. The Kier molecular flexibility index (Phi) is 4.91. The van der Waals surface area contributed by atoms with Gasteiger partial charge in [0.15, 0.2) is 11.5 Å². The number of rotatable bonds is 5. The number of benzene rings is 2. The number of allylic oxidation sites excluding steroid dienone is 1. The molecule has 0 spiro atoms.